The van der Waals surface area contributed by atoms with Crippen molar-refractivity contribution >= 4 is 7.92 Å². The van der Waals surface area contributed by atoms with Gasteiger partial charge in [0, 0.05) is 5.66 Å². The summed E-state index contributed by atoms with van der Waals surface area (Å²) in [6.45, 7) is 14.1. The molecule has 0 saturated carbocycles. The van der Waals surface area contributed by atoms with Crippen molar-refractivity contribution in [1.29, 1.82) is 0 Å². The van der Waals surface area contributed by atoms with Crippen molar-refractivity contribution in [2.24, 2.45) is 17.3 Å². The highest BCUT2D eigenvalue weighted by Crippen LogP contribution is 2.74. The molecule has 3 fully saturated rings. The van der Waals surface area contributed by atoms with E-state index in [4.69, 9.17) is 9.47 Å². The van der Waals surface area contributed by atoms with Crippen LogP contribution in [0, 0.1) is 17.3 Å². The maximum absolute atomic E-state index is 6.10. The van der Waals surface area contributed by atoms with Crippen LogP contribution in [-0.2, 0) is 9.47 Å². The lowest BCUT2D eigenvalue weighted by molar-refractivity contribution is -0.0808. The largest absolute Gasteiger partial charge is 0.346 e. The Morgan fingerprint density at radius 1 is 0.944 bits per heavy atom. The van der Waals surface area contributed by atoms with Gasteiger partial charge in [0.25, 0.3) is 0 Å². The standard InChI is InChI=1S/C15H27O2P/c1-8-12(5)18-7-15(8,6)9(2)13(18)14-16-10(3)11(4)17-14/h8-14H,7H2,1-6H3/t8?,9?,10-,11-,12?,13?,15?,18?/m0/s1. The molecule has 18 heavy (non-hydrogen) atoms. The second-order valence-electron chi connectivity index (χ2n) is 7.04. The summed E-state index contributed by atoms with van der Waals surface area (Å²) in [7, 11) is 0.0801. The first-order valence-electron chi connectivity index (χ1n) is 7.43. The van der Waals surface area contributed by atoms with Crippen molar-refractivity contribution in [3.05, 3.63) is 0 Å². The van der Waals surface area contributed by atoms with E-state index < -0.39 is 0 Å². The molecule has 3 aliphatic rings. The van der Waals surface area contributed by atoms with Crippen LogP contribution in [-0.4, -0.2) is 36.0 Å². The van der Waals surface area contributed by atoms with Crippen LogP contribution in [0.3, 0.4) is 0 Å². The van der Waals surface area contributed by atoms with Crippen LogP contribution >= 0.6 is 7.92 Å². The first kappa shape index (κ1) is 13.3. The highest BCUT2D eigenvalue weighted by molar-refractivity contribution is 7.60. The molecule has 2 nitrogen and oxygen atoms in total. The monoisotopic (exact) mass is 270 g/mol. The molecule has 6 unspecified atom stereocenters. The third-order valence-electron chi connectivity index (χ3n) is 6.38. The van der Waals surface area contributed by atoms with Gasteiger partial charge >= 0.3 is 0 Å². The Balaban J connectivity index is 1.83. The lowest BCUT2D eigenvalue weighted by Crippen LogP contribution is -2.43. The fourth-order valence-electron chi connectivity index (χ4n) is 4.36. The van der Waals surface area contributed by atoms with Crippen LogP contribution < -0.4 is 0 Å². The minimum absolute atomic E-state index is 0.0767. The average Bonchev–Trinajstić information content (AvgIpc) is 2.84. The zero-order chi connectivity index (χ0) is 13.2. The topological polar surface area (TPSA) is 18.5 Å². The summed E-state index contributed by atoms with van der Waals surface area (Å²) in [5, 5.41) is 0. The van der Waals surface area contributed by atoms with Gasteiger partial charge in [0.2, 0.25) is 0 Å². The fourth-order valence-corrected chi connectivity index (χ4v) is 9.05. The van der Waals surface area contributed by atoms with Gasteiger partial charge in [-0.2, -0.15) is 0 Å². The number of hydrogen-bond acceptors (Lipinski definition) is 2. The van der Waals surface area contributed by atoms with Crippen LogP contribution in [0.25, 0.3) is 0 Å². The predicted octanol–water partition coefficient (Wildman–Crippen LogP) is 3.68. The minimum Gasteiger partial charge on any atom is -0.346 e. The molecule has 3 saturated heterocycles. The number of hydrogen-bond donors (Lipinski definition) is 0. The van der Waals surface area contributed by atoms with Crippen LogP contribution in [0.4, 0.5) is 0 Å². The molecule has 0 aromatic carbocycles. The lowest BCUT2D eigenvalue weighted by Gasteiger charge is -2.44. The van der Waals surface area contributed by atoms with E-state index in [1.54, 1.807) is 0 Å². The van der Waals surface area contributed by atoms with Crippen molar-refractivity contribution in [2.75, 3.05) is 6.16 Å². The highest BCUT2D eigenvalue weighted by Gasteiger charge is 2.63. The smallest absolute Gasteiger partial charge is 0.165 e. The Morgan fingerprint density at radius 2 is 1.50 bits per heavy atom. The van der Waals surface area contributed by atoms with Crippen molar-refractivity contribution < 1.29 is 9.47 Å². The van der Waals surface area contributed by atoms with Gasteiger partial charge in [0.05, 0.1) is 12.2 Å². The summed E-state index contributed by atoms with van der Waals surface area (Å²) in [5.41, 5.74) is 2.07. The predicted molar refractivity (Wildman–Crippen MR) is 76.4 cm³/mol. The van der Waals surface area contributed by atoms with Crippen molar-refractivity contribution in [3.8, 4) is 0 Å². The molecule has 0 spiro atoms. The van der Waals surface area contributed by atoms with E-state index in [1.165, 1.54) is 6.16 Å². The molecule has 0 radical (unpaired) electrons. The number of ether oxygens (including phenoxy) is 2. The lowest BCUT2D eigenvalue weighted by atomic mass is 9.68. The summed E-state index contributed by atoms with van der Waals surface area (Å²) in [4.78, 5) is 0. The molecule has 104 valence electrons. The van der Waals surface area contributed by atoms with E-state index in [0.717, 1.165) is 17.5 Å². The molecule has 3 heteroatoms. The number of fused-ring (bicyclic) bond motifs is 2. The second-order valence-corrected chi connectivity index (χ2v) is 9.79. The van der Waals surface area contributed by atoms with Gasteiger partial charge < -0.3 is 9.47 Å². The van der Waals surface area contributed by atoms with Crippen molar-refractivity contribution in [3.63, 3.8) is 0 Å². The summed E-state index contributed by atoms with van der Waals surface area (Å²) in [6.07, 6.45) is 2.03. The van der Waals surface area contributed by atoms with Gasteiger partial charge in [0.15, 0.2) is 6.29 Å². The molecule has 2 bridgehead atoms. The third-order valence-corrected chi connectivity index (χ3v) is 10.4. The quantitative estimate of drug-likeness (QED) is 0.677. The third kappa shape index (κ3) is 1.58. The van der Waals surface area contributed by atoms with Crippen LogP contribution in [0.1, 0.15) is 41.5 Å². The SMILES string of the molecule is CC1C(C)C2(C)CP1C(C1O[C@@H](C)[C@H](C)O1)C2C. The molecule has 0 aromatic rings. The zero-order valence-corrected chi connectivity index (χ0v) is 13.4. The van der Waals surface area contributed by atoms with Gasteiger partial charge in [-0.1, -0.05) is 35.6 Å². The van der Waals surface area contributed by atoms with E-state index in [0.29, 0.717) is 11.1 Å². The van der Waals surface area contributed by atoms with Gasteiger partial charge in [-0.05, 0) is 42.9 Å². The summed E-state index contributed by atoms with van der Waals surface area (Å²) in [5.74, 6) is 1.61. The molecular formula is C15H27O2P. The second kappa shape index (κ2) is 4.17. The summed E-state index contributed by atoms with van der Waals surface area (Å²) in [6, 6.07) is 0. The molecule has 0 aliphatic carbocycles. The van der Waals surface area contributed by atoms with Gasteiger partial charge in [-0.15, -0.1) is 0 Å². The minimum atomic E-state index is 0.0767. The van der Waals surface area contributed by atoms with Gasteiger partial charge in [0.1, 0.15) is 0 Å². The van der Waals surface area contributed by atoms with Crippen molar-refractivity contribution in [1.82, 2.24) is 0 Å². The Bertz CT molecular complexity index is 337. The van der Waals surface area contributed by atoms with E-state index in [9.17, 15) is 0 Å². The van der Waals surface area contributed by atoms with E-state index >= 15 is 0 Å². The zero-order valence-electron chi connectivity index (χ0n) is 12.5. The summed E-state index contributed by atoms with van der Waals surface area (Å²) < 4.78 is 12.2. The summed E-state index contributed by atoms with van der Waals surface area (Å²) >= 11 is 0. The van der Waals surface area contributed by atoms with Gasteiger partial charge in [-0.25, -0.2) is 0 Å². The molecule has 0 N–H and O–H groups in total. The van der Waals surface area contributed by atoms with Crippen LogP contribution in [0.2, 0.25) is 0 Å². The maximum atomic E-state index is 6.10. The molecule has 3 rings (SSSR count). The fraction of sp³-hybridized carbons (Fsp3) is 1.00. The molecule has 0 aromatic heterocycles. The van der Waals surface area contributed by atoms with Crippen LogP contribution in [0.5, 0.6) is 0 Å². The van der Waals surface area contributed by atoms with Crippen LogP contribution in [0.15, 0.2) is 0 Å². The Morgan fingerprint density at radius 3 is 2.00 bits per heavy atom. The normalized spacial score (nSPS) is 60.7. The molecule has 8 atom stereocenters. The maximum Gasteiger partial charge on any atom is 0.165 e. The molecule has 0 amide bonds. The first-order chi connectivity index (χ1) is 8.36. The number of rotatable bonds is 1. The first-order valence-corrected chi connectivity index (χ1v) is 9.09. The highest BCUT2D eigenvalue weighted by atomic mass is 31.1. The van der Waals surface area contributed by atoms with Crippen molar-refractivity contribution in [2.45, 2.75) is 71.4 Å². The Hall–Kier alpha value is 0.350. The molecular weight excluding hydrogens is 243 g/mol. The van der Waals surface area contributed by atoms with E-state index in [1.807, 2.05) is 0 Å². The molecule has 3 aliphatic heterocycles. The molecule has 3 heterocycles. The Labute approximate surface area is 113 Å². The average molecular weight is 270 g/mol. The van der Waals surface area contributed by atoms with E-state index in [-0.39, 0.29) is 26.4 Å². The van der Waals surface area contributed by atoms with E-state index in [2.05, 4.69) is 41.5 Å². The van der Waals surface area contributed by atoms with Gasteiger partial charge in [-0.3, -0.25) is 0 Å². The Kier molecular flexibility index (Phi) is 3.09.